The van der Waals surface area contributed by atoms with Crippen LogP contribution in [0, 0.1) is 10.1 Å². The second kappa shape index (κ2) is 10.0. The van der Waals surface area contributed by atoms with Gasteiger partial charge in [-0.3, -0.25) is 0 Å². The Bertz CT molecular complexity index is 606. The highest BCUT2D eigenvalue weighted by Crippen LogP contribution is 2.29. The van der Waals surface area contributed by atoms with E-state index < -0.39 is 5.09 Å². The molecule has 0 amide bonds. The molecule has 1 unspecified atom stereocenters. The lowest BCUT2D eigenvalue weighted by Crippen LogP contribution is -2.13. The summed E-state index contributed by atoms with van der Waals surface area (Å²) < 4.78 is 12.6. The van der Waals surface area contributed by atoms with Crippen molar-refractivity contribution in [3.05, 3.63) is 62.6 Å². The van der Waals surface area contributed by atoms with Gasteiger partial charge >= 0.3 is 0 Å². The summed E-state index contributed by atoms with van der Waals surface area (Å²) >= 11 is 12.1. The first-order valence-electron chi connectivity index (χ1n) is 6.28. The fourth-order valence-electron chi connectivity index (χ4n) is 1.74. The normalized spacial score (nSPS) is 11.4. The highest BCUT2D eigenvalue weighted by Gasteiger charge is 2.16. The standard InChI is InChI=1S/C13H14Cl2N2O2.HNO3/c1-18-9-19-13(7-17-5-4-16-8-17)11-3-2-10(14)6-12(11)15;2-1(3)4/h2-6,8,13H,7,9H2,1H3;(H,2,3,4). The van der Waals surface area contributed by atoms with Crippen molar-refractivity contribution in [3.8, 4) is 0 Å². The average Bonchev–Trinajstić information content (AvgIpc) is 2.96. The Hall–Kier alpha value is -1.87. The van der Waals surface area contributed by atoms with Gasteiger partial charge in [-0.15, -0.1) is 10.1 Å². The molecule has 0 radical (unpaired) electrons. The summed E-state index contributed by atoms with van der Waals surface area (Å²) in [5, 5.41) is 14.8. The summed E-state index contributed by atoms with van der Waals surface area (Å²) in [4.78, 5) is 12.4. The van der Waals surface area contributed by atoms with Crippen molar-refractivity contribution in [3.63, 3.8) is 0 Å². The first kappa shape index (κ1) is 19.2. The van der Waals surface area contributed by atoms with Gasteiger partial charge in [0, 0.05) is 35.1 Å². The highest BCUT2D eigenvalue weighted by atomic mass is 35.5. The van der Waals surface area contributed by atoms with E-state index in [9.17, 15) is 0 Å². The van der Waals surface area contributed by atoms with E-state index in [2.05, 4.69) is 4.98 Å². The van der Waals surface area contributed by atoms with Crippen LogP contribution in [-0.4, -0.2) is 33.7 Å². The summed E-state index contributed by atoms with van der Waals surface area (Å²) in [5.74, 6) is 0. The minimum Gasteiger partial charge on any atom is -0.359 e. The molecular weight excluding hydrogens is 349 g/mol. The molecule has 0 spiro atoms. The van der Waals surface area contributed by atoms with Crippen LogP contribution in [-0.2, 0) is 16.0 Å². The van der Waals surface area contributed by atoms with Gasteiger partial charge in [-0.1, -0.05) is 29.3 Å². The molecule has 1 atom stereocenters. The second-order valence-electron chi connectivity index (χ2n) is 4.22. The number of methoxy groups -OCH3 is 1. The zero-order valence-electron chi connectivity index (χ0n) is 12.1. The lowest BCUT2D eigenvalue weighted by molar-refractivity contribution is -0.742. The average molecular weight is 364 g/mol. The molecule has 10 heteroatoms. The smallest absolute Gasteiger partial charge is 0.291 e. The third kappa shape index (κ3) is 7.29. The Balaban J connectivity index is 0.000000593. The van der Waals surface area contributed by atoms with E-state index >= 15 is 0 Å². The molecule has 0 aliphatic carbocycles. The molecule has 0 saturated heterocycles. The van der Waals surface area contributed by atoms with Gasteiger partial charge in [-0.25, -0.2) is 4.98 Å². The van der Waals surface area contributed by atoms with Crippen LogP contribution in [0.25, 0.3) is 0 Å². The first-order chi connectivity index (χ1) is 10.9. The number of hydrogen-bond acceptors (Lipinski definition) is 5. The summed E-state index contributed by atoms with van der Waals surface area (Å²) in [6.45, 7) is 0.795. The van der Waals surface area contributed by atoms with E-state index in [1.54, 1.807) is 31.8 Å². The number of aromatic nitrogens is 2. The lowest BCUT2D eigenvalue weighted by Gasteiger charge is -2.19. The van der Waals surface area contributed by atoms with Crippen LogP contribution >= 0.6 is 23.2 Å². The molecule has 0 aliphatic rings. The quantitative estimate of drug-likeness (QED) is 0.480. The molecule has 1 heterocycles. The Morgan fingerprint density at radius 3 is 2.70 bits per heavy atom. The number of ether oxygens (including phenoxy) is 2. The third-order valence-electron chi connectivity index (χ3n) is 2.63. The maximum Gasteiger partial charge on any atom is 0.291 e. The maximum atomic E-state index is 8.36. The summed E-state index contributed by atoms with van der Waals surface area (Å²) in [6.07, 6.45) is 5.09. The summed E-state index contributed by atoms with van der Waals surface area (Å²) in [5.41, 5.74) is 0.872. The molecule has 126 valence electrons. The summed E-state index contributed by atoms with van der Waals surface area (Å²) in [6, 6.07) is 5.36. The van der Waals surface area contributed by atoms with Gasteiger partial charge in [0.05, 0.1) is 12.9 Å². The number of hydrogen-bond donors (Lipinski definition) is 1. The summed E-state index contributed by atoms with van der Waals surface area (Å²) in [7, 11) is 1.58. The number of rotatable bonds is 6. The van der Waals surface area contributed by atoms with Gasteiger partial charge in [0.2, 0.25) is 0 Å². The topological polar surface area (TPSA) is 99.7 Å². The molecule has 8 nitrogen and oxygen atoms in total. The lowest BCUT2D eigenvalue weighted by atomic mass is 10.1. The second-order valence-corrected chi connectivity index (χ2v) is 5.07. The maximum absolute atomic E-state index is 8.36. The van der Waals surface area contributed by atoms with Crippen LogP contribution in [0.5, 0.6) is 0 Å². The molecule has 1 aromatic carbocycles. The fraction of sp³-hybridized carbons (Fsp3) is 0.308. The van der Waals surface area contributed by atoms with Gasteiger partial charge in [0.25, 0.3) is 5.09 Å². The number of nitrogens with zero attached hydrogens (tertiary/aromatic N) is 3. The predicted molar refractivity (Wildman–Crippen MR) is 83.2 cm³/mol. The van der Waals surface area contributed by atoms with Crippen molar-refractivity contribution in [1.82, 2.24) is 9.55 Å². The number of halogens is 2. The molecule has 2 aromatic rings. The minimum atomic E-state index is -1.50. The van der Waals surface area contributed by atoms with Crippen molar-refractivity contribution in [2.75, 3.05) is 13.9 Å². The van der Waals surface area contributed by atoms with Crippen LogP contribution in [0.1, 0.15) is 11.7 Å². The van der Waals surface area contributed by atoms with Gasteiger partial charge in [-0.05, 0) is 12.1 Å². The molecule has 1 aromatic heterocycles. The van der Waals surface area contributed by atoms with E-state index in [1.165, 1.54) is 0 Å². The zero-order valence-corrected chi connectivity index (χ0v) is 13.6. The Morgan fingerprint density at radius 2 is 2.17 bits per heavy atom. The monoisotopic (exact) mass is 363 g/mol. The molecule has 0 saturated carbocycles. The Morgan fingerprint density at radius 1 is 1.48 bits per heavy atom. The third-order valence-corrected chi connectivity index (χ3v) is 3.19. The molecule has 23 heavy (non-hydrogen) atoms. The zero-order chi connectivity index (χ0) is 17.2. The molecule has 1 N–H and O–H groups in total. The van der Waals surface area contributed by atoms with Gasteiger partial charge < -0.3 is 19.2 Å². The SMILES string of the molecule is COCOC(Cn1ccnc1)c1ccc(Cl)cc1Cl.O=[N+]([O-])O. The van der Waals surface area contributed by atoms with E-state index in [4.69, 9.17) is 48.0 Å². The number of imidazole rings is 1. The molecule has 0 aliphatic heterocycles. The van der Waals surface area contributed by atoms with Gasteiger partial charge in [0.15, 0.2) is 0 Å². The minimum absolute atomic E-state index is 0.193. The van der Waals surface area contributed by atoms with Crippen molar-refractivity contribution in [1.29, 1.82) is 0 Å². The van der Waals surface area contributed by atoms with E-state index in [1.807, 2.05) is 16.8 Å². The van der Waals surface area contributed by atoms with Gasteiger partial charge in [-0.2, -0.15) is 0 Å². The van der Waals surface area contributed by atoms with Crippen LogP contribution in [0.4, 0.5) is 0 Å². The van der Waals surface area contributed by atoms with Crippen molar-refractivity contribution < 1.29 is 19.8 Å². The highest BCUT2D eigenvalue weighted by molar-refractivity contribution is 6.35. The predicted octanol–water partition coefficient (Wildman–Crippen LogP) is 3.20. The van der Waals surface area contributed by atoms with Crippen LogP contribution in [0.2, 0.25) is 10.0 Å². The van der Waals surface area contributed by atoms with E-state index in [-0.39, 0.29) is 12.9 Å². The number of benzene rings is 1. The van der Waals surface area contributed by atoms with Crippen molar-refractivity contribution in [2.24, 2.45) is 0 Å². The molecule has 0 fully saturated rings. The largest absolute Gasteiger partial charge is 0.359 e. The Kier molecular flexibility index (Phi) is 8.35. The van der Waals surface area contributed by atoms with Crippen LogP contribution < -0.4 is 0 Å². The van der Waals surface area contributed by atoms with Gasteiger partial charge in [0.1, 0.15) is 12.9 Å². The fourth-order valence-corrected chi connectivity index (χ4v) is 2.27. The van der Waals surface area contributed by atoms with E-state index in [0.717, 1.165) is 5.56 Å². The van der Waals surface area contributed by atoms with Crippen molar-refractivity contribution in [2.45, 2.75) is 12.6 Å². The Labute approximate surface area is 142 Å². The first-order valence-corrected chi connectivity index (χ1v) is 7.04. The van der Waals surface area contributed by atoms with Crippen LogP contribution in [0.3, 0.4) is 0 Å². The molecular formula is C13H15Cl2N3O5. The van der Waals surface area contributed by atoms with Crippen molar-refractivity contribution >= 4 is 23.2 Å². The molecule has 0 bridgehead atoms. The molecule has 2 rings (SSSR count). The van der Waals surface area contributed by atoms with Crippen LogP contribution in [0.15, 0.2) is 36.9 Å². The van der Waals surface area contributed by atoms with E-state index in [0.29, 0.717) is 16.6 Å².